The van der Waals surface area contributed by atoms with E-state index in [4.69, 9.17) is 9.98 Å². The van der Waals surface area contributed by atoms with Gasteiger partial charge in [-0.15, -0.1) is 46.8 Å². The summed E-state index contributed by atoms with van der Waals surface area (Å²) in [5, 5.41) is 4.69. The third-order valence-electron chi connectivity index (χ3n) is 13.6. The number of pyridine rings is 1. The number of aliphatic imine (C=N–C) groups is 1. The second-order valence-corrected chi connectivity index (χ2v) is 19.6. The van der Waals surface area contributed by atoms with Crippen molar-refractivity contribution in [1.82, 2.24) is 19.0 Å². The number of hydrogen-bond donors (Lipinski definition) is 0. The molecule has 0 unspecified atom stereocenters. The standard InChI is InChI=1S/C54H55N5.Pt/c1-35-21-25-47-45(28-35)43-24-23-41(59-48-26-22-37(36-16-11-9-12-17-36)31-46(48)44-20-15-27-55-51(44)59)33-49(43)58(47)42-30-38(29-39(32-42)52(2,3)4)50-56-54(8,53(5,6)7)34-57(50)40-18-13-10-14-19-40;/h9,11-12,15-17,20-29,31-32,40H,10,13-14,18-19,34H2,1-8H3;/q-2;+2/t54-;/m0./s1. The van der Waals surface area contributed by atoms with Crippen molar-refractivity contribution in [2.24, 2.45) is 10.4 Å². The minimum absolute atomic E-state index is 0. The van der Waals surface area contributed by atoms with E-state index in [1.807, 2.05) is 12.3 Å². The summed E-state index contributed by atoms with van der Waals surface area (Å²) in [6.45, 7) is 19.5. The van der Waals surface area contributed by atoms with Gasteiger partial charge in [-0.3, -0.25) is 0 Å². The topological polar surface area (TPSA) is 38.4 Å². The maximum atomic E-state index is 5.72. The second kappa shape index (κ2) is 14.9. The number of aryl methyl sites for hydroxylation is 1. The van der Waals surface area contributed by atoms with E-state index >= 15 is 0 Å². The van der Waals surface area contributed by atoms with Gasteiger partial charge in [-0.25, -0.2) is 4.98 Å². The smallest absolute Gasteiger partial charge is 0.391 e. The van der Waals surface area contributed by atoms with Gasteiger partial charge in [-0.2, -0.15) is 6.07 Å². The van der Waals surface area contributed by atoms with E-state index in [2.05, 4.69) is 179 Å². The van der Waals surface area contributed by atoms with E-state index in [1.54, 1.807) is 0 Å². The first-order valence-corrected chi connectivity index (χ1v) is 21.6. The SMILES string of the molecule is Cc1ccc2c(c1)c1ccc(-n3c4ccc(-c5ccccc5)cc4c4cccnc43)[c-]c1n2-c1[c-]c(C2=N[C@](C)(C(C)(C)C)CN2C2CCCCC2)cc(C(C)(C)C)c1.[Pt+2]. The summed E-state index contributed by atoms with van der Waals surface area (Å²) in [4.78, 5) is 13.4. The number of amidine groups is 1. The molecule has 1 atom stereocenters. The van der Waals surface area contributed by atoms with Gasteiger partial charge in [0, 0.05) is 40.9 Å². The molecule has 2 aliphatic rings. The van der Waals surface area contributed by atoms with Gasteiger partial charge in [-0.05, 0) is 90.1 Å². The summed E-state index contributed by atoms with van der Waals surface area (Å²) in [5.74, 6) is 1.11. The van der Waals surface area contributed by atoms with Crippen molar-refractivity contribution in [1.29, 1.82) is 0 Å². The molecule has 10 rings (SSSR count). The van der Waals surface area contributed by atoms with Gasteiger partial charge in [0.25, 0.3) is 0 Å². The number of benzene rings is 5. The molecule has 3 aromatic heterocycles. The van der Waals surface area contributed by atoms with Gasteiger partial charge >= 0.3 is 21.1 Å². The Balaban J connectivity index is 0.00000462. The van der Waals surface area contributed by atoms with Crippen molar-refractivity contribution in [2.75, 3.05) is 6.54 Å². The molecule has 306 valence electrons. The zero-order valence-corrected chi connectivity index (χ0v) is 38.5. The van der Waals surface area contributed by atoms with Crippen LogP contribution in [0.2, 0.25) is 0 Å². The fourth-order valence-corrected chi connectivity index (χ4v) is 9.61. The summed E-state index contributed by atoms with van der Waals surface area (Å²) in [6.07, 6.45) is 8.24. The van der Waals surface area contributed by atoms with Crippen molar-refractivity contribution in [3.63, 3.8) is 0 Å². The molecular formula is C54H55N5Pt. The summed E-state index contributed by atoms with van der Waals surface area (Å²) in [7, 11) is 0. The number of hydrogen-bond acceptors (Lipinski definition) is 3. The molecule has 60 heavy (non-hydrogen) atoms. The molecule has 1 aliphatic carbocycles. The Labute approximate surface area is 369 Å². The van der Waals surface area contributed by atoms with Crippen LogP contribution in [0.3, 0.4) is 0 Å². The Bertz CT molecular complexity index is 2950. The average molecular weight is 969 g/mol. The third kappa shape index (κ3) is 6.73. The minimum atomic E-state index is -0.212. The minimum Gasteiger partial charge on any atom is -0.391 e. The maximum absolute atomic E-state index is 5.72. The average Bonchev–Trinajstić information content (AvgIpc) is 3.88. The molecule has 1 fully saturated rings. The van der Waals surface area contributed by atoms with Crippen molar-refractivity contribution >= 4 is 49.6 Å². The summed E-state index contributed by atoms with van der Waals surface area (Å²) < 4.78 is 4.69. The molecule has 5 nitrogen and oxygen atoms in total. The molecule has 6 heteroatoms. The van der Waals surface area contributed by atoms with Gasteiger partial charge in [0.15, 0.2) is 0 Å². The molecule has 1 saturated carbocycles. The van der Waals surface area contributed by atoms with Crippen LogP contribution in [0.15, 0.2) is 114 Å². The Morgan fingerprint density at radius 1 is 0.667 bits per heavy atom. The first-order valence-electron chi connectivity index (χ1n) is 21.6. The van der Waals surface area contributed by atoms with Crippen LogP contribution in [-0.4, -0.2) is 43.0 Å². The Morgan fingerprint density at radius 2 is 1.40 bits per heavy atom. The van der Waals surface area contributed by atoms with Gasteiger partial charge in [-0.1, -0.05) is 126 Å². The molecule has 4 heterocycles. The molecule has 0 saturated heterocycles. The number of aromatic nitrogens is 3. The van der Waals surface area contributed by atoms with Crippen LogP contribution in [0.5, 0.6) is 0 Å². The van der Waals surface area contributed by atoms with Gasteiger partial charge in [0.2, 0.25) is 0 Å². The molecule has 0 N–H and O–H groups in total. The van der Waals surface area contributed by atoms with Crippen molar-refractivity contribution in [3.05, 3.63) is 138 Å². The molecular weight excluding hydrogens is 914 g/mol. The van der Waals surface area contributed by atoms with E-state index in [-0.39, 0.29) is 37.4 Å². The van der Waals surface area contributed by atoms with Gasteiger partial charge in [0.05, 0.1) is 11.1 Å². The fraction of sp³-hybridized carbons (Fsp3) is 0.333. The first-order chi connectivity index (χ1) is 28.3. The van der Waals surface area contributed by atoms with E-state index in [1.165, 1.54) is 70.5 Å². The van der Waals surface area contributed by atoms with E-state index in [0.717, 1.165) is 56.9 Å². The quantitative estimate of drug-likeness (QED) is 0.161. The first kappa shape index (κ1) is 40.4. The van der Waals surface area contributed by atoms with Gasteiger partial charge in [0.1, 0.15) is 5.65 Å². The maximum Gasteiger partial charge on any atom is 2.00 e. The van der Waals surface area contributed by atoms with Crippen molar-refractivity contribution < 1.29 is 21.1 Å². The molecule has 0 spiro atoms. The van der Waals surface area contributed by atoms with Crippen LogP contribution >= 0.6 is 0 Å². The van der Waals surface area contributed by atoms with Crippen LogP contribution in [0.25, 0.3) is 66.2 Å². The predicted octanol–water partition coefficient (Wildman–Crippen LogP) is 13.3. The number of nitrogens with zero attached hydrogens (tertiary/aromatic N) is 5. The molecule has 1 aliphatic heterocycles. The van der Waals surface area contributed by atoms with Crippen LogP contribution in [-0.2, 0) is 26.5 Å². The van der Waals surface area contributed by atoms with Crippen LogP contribution in [0.1, 0.15) is 97.3 Å². The Morgan fingerprint density at radius 3 is 2.15 bits per heavy atom. The molecule has 0 radical (unpaired) electrons. The molecule has 0 amide bonds. The van der Waals surface area contributed by atoms with Gasteiger partial charge < -0.3 is 19.0 Å². The summed E-state index contributed by atoms with van der Waals surface area (Å²) >= 11 is 0. The van der Waals surface area contributed by atoms with Crippen LogP contribution in [0, 0.1) is 24.5 Å². The monoisotopic (exact) mass is 968 g/mol. The largest absolute Gasteiger partial charge is 2.00 e. The summed E-state index contributed by atoms with van der Waals surface area (Å²) in [5.41, 5.74) is 11.9. The summed E-state index contributed by atoms with van der Waals surface area (Å²) in [6, 6.07) is 46.3. The zero-order valence-electron chi connectivity index (χ0n) is 36.3. The third-order valence-corrected chi connectivity index (χ3v) is 13.6. The van der Waals surface area contributed by atoms with E-state index < -0.39 is 0 Å². The Kier molecular flexibility index (Phi) is 10.0. The number of rotatable bonds is 5. The zero-order chi connectivity index (χ0) is 40.8. The van der Waals surface area contributed by atoms with E-state index in [0.29, 0.717) is 6.04 Å². The second-order valence-electron chi connectivity index (χ2n) is 19.6. The molecule has 5 aromatic carbocycles. The molecule has 0 bridgehead atoms. The normalized spacial score (nSPS) is 17.9. The van der Waals surface area contributed by atoms with Crippen LogP contribution in [0.4, 0.5) is 0 Å². The number of fused-ring (bicyclic) bond motifs is 6. The molecule has 8 aromatic rings. The Hall–Kier alpha value is -4.99. The van der Waals surface area contributed by atoms with Crippen LogP contribution < -0.4 is 0 Å². The van der Waals surface area contributed by atoms with Crippen molar-refractivity contribution in [3.8, 4) is 22.5 Å². The van der Waals surface area contributed by atoms with Crippen molar-refractivity contribution in [2.45, 2.75) is 104 Å². The van der Waals surface area contributed by atoms with E-state index in [9.17, 15) is 0 Å². The predicted molar refractivity (Wildman–Crippen MR) is 247 cm³/mol. The fourth-order valence-electron chi connectivity index (χ4n) is 9.61.